The quantitative estimate of drug-likeness (QED) is 0.177. The Bertz CT molecular complexity index is 3470. The first-order valence-corrected chi connectivity index (χ1v) is 20.8. The van der Waals surface area contributed by atoms with Gasteiger partial charge in [-0.05, 0) is 74.2 Å². The lowest BCUT2D eigenvalue weighted by Gasteiger charge is -2.36. The molecule has 264 valence electrons. The highest BCUT2D eigenvalue weighted by Crippen LogP contribution is 2.61. The van der Waals surface area contributed by atoms with E-state index in [4.69, 9.17) is 9.97 Å². The van der Waals surface area contributed by atoms with Crippen LogP contribution in [0.4, 0.5) is 0 Å². The van der Waals surface area contributed by atoms with Crippen LogP contribution in [0.2, 0.25) is 0 Å². The highest BCUT2D eigenvalue weighted by molar-refractivity contribution is 7.26. The first kappa shape index (κ1) is 30.9. The van der Waals surface area contributed by atoms with E-state index >= 15 is 0 Å². The number of hydrogen-bond donors (Lipinski definition) is 0. The SMILES string of the molecule is c1ccc2c(c1)-c1c(c3c4c5ccccc5ccc4n(-c4nc(-c5cccc6ccccc56)c5sc6ccccc6c5n4)c3c3ccccc13)C21CCCCC1. The third kappa shape index (κ3) is 3.97. The second-order valence-electron chi connectivity index (χ2n) is 15.9. The summed E-state index contributed by atoms with van der Waals surface area (Å²) in [5.41, 5.74) is 11.3. The molecule has 2 aliphatic carbocycles. The van der Waals surface area contributed by atoms with Gasteiger partial charge in [0.25, 0.3) is 0 Å². The van der Waals surface area contributed by atoms with E-state index < -0.39 is 0 Å². The maximum atomic E-state index is 5.75. The molecule has 1 fully saturated rings. The van der Waals surface area contributed by atoms with Crippen molar-refractivity contribution in [1.29, 1.82) is 0 Å². The first-order chi connectivity index (χ1) is 27.8. The van der Waals surface area contributed by atoms with Crippen molar-refractivity contribution in [3.05, 3.63) is 163 Å². The minimum Gasteiger partial charge on any atom is -0.277 e. The molecule has 0 radical (unpaired) electrons. The van der Waals surface area contributed by atoms with Crippen LogP contribution >= 0.6 is 11.3 Å². The van der Waals surface area contributed by atoms with Crippen molar-refractivity contribution in [3.8, 4) is 28.3 Å². The molecule has 3 heterocycles. The predicted molar refractivity (Wildman–Crippen MR) is 237 cm³/mol. The second-order valence-corrected chi connectivity index (χ2v) is 17.0. The number of aromatic nitrogens is 3. The van der Waals surface area contributed by atoms with Gasteiger partial charge in [-0.3, -0.25) is 4.57 Å². The van der Waals surface area contributed by atoms with E-state index in [1.807, 2.05) is 0 Å². The maximum absolute atomic E-state index is 5.75. The van der Waals surface area contributed by atoms with E-state index in [-0.39, 0.29) is 5.41 Å². The van der Waals surface area contributed by atoms with Gasteiger partial charge in [-0.15, -0.1) is 11.3 Å². The van der Waals surface area contributed by atoms with Gasteiger partial charge in [0.1, 0.15) is 0 Å². The molecule has 56 heavy (non-hydrogen) atoms. The molecule has 3 aromatic heterocycles. The molecular weight excluding hydrogens is 699 g/mol. The van der Waals surface area contributed by atoms with E-state index in [2.05, 4.69) is 156 Å². The molecule has 11 aromatic rings. The molecule has 3 nitrogen and oxygen atoms in total. The van der Waals surface area contributed by atoms with E-state index in [1.165, 1.54) is 100 Å². The van der Waals surface area contributed by atoms with Gasteiger partial charge in [-0.1, -0.05) is 159 Å². The predicted octanol–water partition coefficient (Wildman–Crippen LogP) is 14.3. The lowest BCUT2D eigenvalue weighted by Crippen LogP contribution is -2.28. The topological polar surface area (TPSA) is 30.7 Å². The van der Waals surface area contributed by atoms with Crippen molar-refractivity contribution in [2.24, 2.45) is 0 Å². The molecular formula is C52H35N3S. The monoisotopic (exact) mass is 733 g/mol. The largest absolute Gasteiger partial charge is 0.277 e. The highest BCUT2D eigenvalue weighted by Gasteiger charge is 2.46. The molecule has 4 heteroatoms. The minimum atomic E-state index is -0.0506. The van der Waals surface area contributed by atoms with Crippen LogP contribution in [-0.2, 0) is 5.41 Å². The number of benzene rings is 8. The summed E-state index contributed by atoms with van der Waals surface area (Å²) in [4.78, 5) is 11.4. The molecule has 0 amide bonds. The van der Waals surface area contributed by atoms with Crippen LogP contribution < -0.4 is 0 Å². The van der Waals surface area contributed by atoms with Crippen molar-refractivity contribution >= 4 is 85.8 Å². The zero-order chi connectivity index (χ0) is 36.5. The van der Waals surface area contributed by atoms with E-state index in [0.717, 1.165) is 45.8 Å². The van der Waals surface area contributed by atoms with Crippen LogP contribution in [-0.4, -0.2) is 14.5 Å². The fourth-order valence-corrected chi connectivity index (χ4v) is 12.1. The van der Waals surface area contributed by atoms with Gasteiger partial charge in [0.15, 0.2) is 0 Å². The highest BCUT2D eigenvalue weighted by atomic mass is 32.1. The lowest BCUT2D eigenvalue weighted by molar-refractivity contribution is 0.355. The zero-order valence-corrected chi connectivity index (χ0v) is 31.5. The van der Waals surface area contributed by atoms with Crippen molar-refractivity contribution in [2.45, 2.75) is 37.5 Å². The summed E-state index contributed by atoms with van der Waals surface area (Å²) in [6.45, 7) is 0. The summed E-state index contributed by atoms with van der Waals surface area (Å²) >= 11 is 1.80. The molecule has 0 bridgehead atoms. The van der Waals surface area contributed by atoms with Crippen LogP contribution in [0.1, 0.15) is 43.2 Å². The molecule has 13 rings (SSSR count). The van der Waals surface area contributed by atoms with Crippen LogP contribution in [0.5, 0.6) is 0 Å². The van der Waals surface area contributed by atoms with Crippen LogP contribution in [0.15, 0.2) is 152 Å². The van der Waals surface area contributed by atoms with Crippen molar-refractivity contribution in [1.82, 2.24) is 14.5 Å². The number of thiophene rings is 1. The molecule has 0 atom stereocenters. The summed E-state index contributed by atoms with van der Waals surface area (Å²) in [6.07, 6.45) is 6.09. The van der Waals surface area contributed by atoms with Gasteiger partial charge in [0, 0.05) is 37.2 Å². The Hall–Kier alpha value is -6.36. The van der Waals surface area contributed by atoms with E-state index in [1.54, 1.807) is 11.3 Å². The summed E-state index contributed by atoms with van der Waals surface area (Å²) < 4.78 is 4.79. The summed E-state index contributed by atoms with van der Waals surface area (Å²) in [5, 5.41) is 11.4. The van der Waals surface area contributed by atoms with Crippen molar-refractivity contribution in [2.75, 3.05) is 0 Å². The Morgan fingerprint density at radius 2 is 1.18 bits per heavy atom. The molecule has 0 aliphatic heterocycles. The average Bonchev–Trinajstić information content (AvgIpc) is 3.90. The third-order valence-electron chi connectivity index (χ3n) is 13.2. The van der Waals surface area contributed by atoms with Crippen LogP contribution in [0.25, 0.3) is 103 Å². The van der Waals surface area contributed by atoms with Crippen molar-refractivity contribution < 1.29 is 0 Å². The first-order valence-electron chi connectivity index (χ1n) is 20.0. The summed E-state index contributed by atoms with van der Waals surface area (Å²) in [5.74, 6) is 0.720. The van der Waals surface area contributed by atoms with Gasteiger partial charge in [-0.2, -0.15) is 0 Å². The van der Waals surface area contributed by atoms with E-state index in [9.17, 15) is 0 Å². The van der Waals surface area contributed by atoms with Gasteiger partial charge in [-0.25, -0.2) is 9.97 Å². The van der Waals surface area contributed by atoms with Gasteiger partial charge in [0.05, 0.1) is 26.9 Å². The molecule has 2 aliphatic rings. The van der Waals surface area contributed by atoms with Crippen molar-refractivity contribution in [3.63, 3.8) is 0 Å². The standard InChI is InChI=1S/C52H35N3S/c1-12-29-52(30-13-1)40-25-10-8-22-38(40)43-35-20-6-7-21-37(35)49-45(46(43)52)44-34-19-5-3-16-32(34)27-28-41(44)55(49)51-53-47(36-24-14-17-31-15-2-4-18-33(31)36)50-48(54-51)39-23-9-11-26-42(39)56-50/h2-11,14-28H,1,12-13,29-30H2. The average molecular weight is 734 g/mol. The summed E-state index contributed by atoms with van der Waals surface area (Å²) in [6, 6.07) is 56.1. The molecule has 8 aromatic carbocycles. The Balaban J connectivity index is 1.27. The van der Waals surface area contributed by atoms with Gasteiger partial charge in [0.2, 0.25) is 5.95 Å². The maximum Gasteiger partial charge on any atom is 0.235 e. The third-order valence-corrected chi connectivity index (χ3v) is 14.3. The number of hydrogen-bond acceptors (Lipinski definition) is 3. The van der Waals surface area contributed by atoms with E-state index in [0.29, 0.717) is 0 Å². The molecule has 0 N–H and O–H groups in total. The Labute approximate surface area is 327 Å². The minimum absolute atomic E-state index is 0.0506. The Morgan fingerprint density at radius 3 is 2.04 bits per heavy atom. The molecule has 0 unspecified atom stereocenters. The Morgan fingerprint density at radius 1 is 0.518 bits per heavy atom. The van der Waals surface area contributed by atoms with Crippen LogP contribution in [0.3, 0.4) is 0 Å². The fraction of sp³-hybridized carbons (Fsp3) is 0.115. The molecule has 0 saturated heterocycles. The van der Waals surface area contributed by atoms with Gasteiger partial charge >= 0.3 is 0 Å². The Kier molecular flexibility index (Phi) is 6.26. The normalized spacial score (nSPS) is 14.9. The van der Waals surface area contributed by atoms with Crippen LogP contribution in [0, 0.1) is 0 Å². The number of nitrogens with zero attached hydrogens (tertiary/aromatic N) is 3. The molecule has 1 saturated carbocycles. The smallest absolute Gasteiger partial charge is 0.235 e. The second kappa shape index (κ2) is 11.3. The fourth-order valence-electron chi connectivity index (χ4n) is 10.9. The number of rotatable bonds is 2. The lowest BCUT2D eigenvalue weighted by atomic mass is 9.66. The zero-order valence-electron chi connectivity index (χ0n) is 30.7. The summed E-state index contributed by atoms with van der Waals surface area (Å²) in [7, 11) is 0. The number of fused-ring (bicyclic) bond motifs is 18. The van der Waals surface area contributed by atoms with Gasteiger partial charge < -0.3 is 0 Å². The molecule has 1 spiro atoms.